The summed E-state index contributed by atoms with van der Waals surface area (Å²) in [4.78, 5) is 24.9. The van der Waals surface area contributed by atoms with Crippen molar-refractivity contribution in [2.24, 2.45) is 0 Å². The molecule has 0 fully saturated rings. The number of carbonyl (C=O) groups excluding carboxylic acids is 2. The number of hydrogen-bond donors (Lipinski definition) is 2. The Hall–Kier alpha value is -3.80. The summed E-state index contributed by atoms with van der Waals surface area (Å²) >= 11 is 0. The minimum Gasteiger partial charge on any atom is -0.495 e. The maximum atomic E-state index is 12.6. The second-order valence-corrected chi connectivity index (χ2v) is 7.76. The molecule has 2 amide bonds. The molecule has 0 heterocycles. The summed E-state index contributed by atoms with van der Waals surface area (Å²) in [5.41, 5.74) is 3.95. The van der Waals surface area contributed by atoms with Crippen LogP contribution in [0, 0.1) is 6.92 Å². The van der Waals surface area contributed by atoms with Gasteiger partial charge in [0.05, 0.1) is 12.8 Å². The molecule has 6 nitrogen and oxygen atoms in total. The van der Waals surface area contributed by atoms with Gasteiger partial charge < -0.3 is 20.1 Å². The molecule has 3 aromatic rings. The molecular formula is C26H28N2O4. The van der Waals surface area contributed by atoms with E-state index in [0.717, 1.165) is 16.8 Å². The molecule has 2 N–H and O–H groups in total. The molecule has 0 atom stereocenters. The lowest BCUT2D eigenvalue weighted by Crippen LogP contribution is -2.21. The Balaban J connectivity index is 1.57. The minimum atomic E-state index is -0.261. The summed E-state index contributed by atoms with van der Waals surface area (Å²) in [5.74, 6) is 0.886. The van der Waals surface area contributed by atoms with Gasteiger partial charge in [0.2, 0.25) is 0 Å². The number of methoxy groups -OCH3 is 1. The lowest BCUT2D eigenvalue weighted by Gasteiger charge is -2.14. The van der Waals surface area contributed by atoms with Crippen LogP contribution < -0.4 is 20.1 Å². The number of benzene rings is 3. The van der Waals surface area contributed by atoms with Crippen LogP contribution in [0.3, 0.4) is 0 Å². The van der Waals surface area contributed by atoms with E-state index >= 15 is 0 Å². The van der Waals surface area contributed by atoms with Crippen molar-refractivity contribution < 1.29 is 19.1 Å². The van der Waals surface area contributed by atoms with Crippen molar-refractivity contribution in [3.05, 3.63) is 83.4 Å². The van der Waals surface area contributed by atoms with Crippen molar-refractivity contribution in [1.29, 1.82) is 0 Å². The van der Waals surface area contributed by atoms with Gasteiger partial charge >= 0.3 is 0 Å². The average molecular weight is 433 g/mol. The highest BCUT2D eigenvalue weighted by Gasteiger charge is 2.12. The summed E-state index contributed by atoms with van der Waals surface area (Å²) in [5, 5.41) is 5.76. The first-order valence-corrected chi connectivity index (χ1v) is 10.4. The molecule has 32 heavy (non-hydrogen) atoms. The number of carbonyl (C=O) groups is 2. The van der Waals surface area contributed by atoms with E-state index in [1.807, 2.05) is 49.4 Å². The van der Waals surface area contributed by atoms with E-state index in [2.05, 4.69) is 24.5 Å². The van der Waals surface area contributed by atoms with Gasteiger partial charge in [-0.3, -0.25) is 9.59 Å². The summed E-state index contributed by atoms with van der Waals surface area (Å²) in [7, 11) is 1.56. The van der Waals surface area contributed by atoms with E-state index in [0.29, 0.717) is 28.7 Å². The van der Waals surface area contributed by atoms with Gasteiger partial charge in [0, 0.05) is 11.3 Å². The molecular weight excluding hydrogens is 404 g/mol. The second-order valence-electron chi connectivity index (χ2n) is 7.76. The zero-order valence-corrected chi connectivity index (χ0v) is 18.8. The van der Waals surface area contributed by atoms with Crippen LogP contribution in [0.25, 0.3) is 0 Å². The van der Waals surface area contributed by atoms with Gasteiger partial charge in [-0.1, -0.05) is 38.1 Å². The fourth-order valence-electron chi connectivity index (χ4n) is 3.27. The van der Waals surface area contributed by atoms with Crippen LogP contribution in [0.15, 0.2) is 66.7 Å². The Labute approximate surface area is 188 Å². The molecule has 0 aromatic heterocycles. The largest absolute Gasteiger partial charge is 0.495 e. The van der Waals surface area contributed by atoms with Gasteiger partial charge in [-0.25, -0.2) is 0 Å². The Bertz CT molecular complexity index is 1090. The Morgan fingerprint density at radius 3 is 2.31 bits per heavy atom. The second kappa shape index (κ2) is 10.5. The van der Waals surface area contributed by atoms with Crippen LogP contribution in [0.2, 0.25) is 0 Å². The lowest BCUT2D eigenvalue weighted by molar-refractivity contribution is -0.118. The normalized spacial score (nSPS) is 10.5. The number of aryl methyl sites for hydroxylation is 1. The molecule has 0 saturated carbocycles. The Morgan fingerprint density at radius 1 is 0.906 bits per heavy atom. The maximum Gasteiger partial charge on any atom is 0.262 e. The van der Waals surface area contributed by atoms with Crippen LogP contribution in [0.4, 0.5) is 11.4 Å². The van der Waals surface area contributed by atoms with Crippen molar-refractivity contribution in [3.8, 4) is 11.5 Å². The zero-order chi connectivity index (χ0) is 23.1. The fraction of sp³-hybridized carbons (Fsp3) is 0.231. The molecule has 0 aliphatic rings. The third-order valence-corrected chi connectivity index (χ3v) is 4.95. The SMILES string of the molecule is COc1ccc(C)cc1NC(=O)c1ccc(OCC(=O)Nc2ccccc2C(C)C)cc1. The quantitative estimate of drug-likeness (QED) is 0.500. The smallest absolute Gasteiger partial charge is 0.262 e. The predicted octanol–water partition coefficient (Wildman–Crippen LogP) is 5.40. The van der Waals surface area contributed by atoms with E-state index in [-0.39, 0.29) is 18.4 Å². The van der Waals surface area contributed by atoms with Gasteiger partial charge in [-0.2, -0.15) is 0 Å². The molecule has 0 spiro atoms. The number of para-hydroxylation sites is 1. The molecule has 0 aliphatic carbocycles. The van der Waals surface area contributed by atoms with Crippen LogP contribution in [-0.4, -0.2) is 25.5 Å². The van der Waals surface area contributed by atoms with Crippen molar-refractivity contribution in [1.82, 2.24) is 0 Å². The van der Waals surface area contributed by atoms with Gasteiger partial charge in [-0.05, 0) is 66.4 Å². The number of anilines is 2. The molecule has 0 radical (unpaired) electrons. The van der Waals surface area contributed by atoms with Crippen molar-refractivity contribution in [2.75, 3.05) is 24.4 Å². The summed E-state index contributed by atoms with van der Waals surface area (Å²) in [6, 6.07) is 19.9. The minimum absolute atomic E-state index is 0.127. The molecule has 3 aromatic carbocycles. The van der Waals surface area contributed by atoms with Crippen molar-refractivity contribution in [2.45, 2.75) is 26.7 Å². The molecule has 0 saturated heterocycles. The number of amides is 2. The highest BCUT2D eigenvalue weighted by atomic mass is 16.5. The summed E-state index contributed by atoms with van der Waals surface area (Å²) in [6.07, 6.45) is 0. The van der Waals surface area contributed by atoms with Gasteiger partial charge in [0.1, 0.15) is 11.5 Å². The predicted molar refractivity (Wildman–Crippen MR) is 127 cm³/mol. The van der Waals surface area contributed by atoms with E-state index in [9.17, 15) is 9.59 Å². The monoisotopic (exact) mass is 432 g/mol. The van der Waals surface area contributed by atoms with E-state index < -0.39 is 0 Å². The Kier molecular flexibility index (Phi) is 7.49. The van der Waals surface area contributed by atoms with Crippen molar-refractivity contribution in [3.63, 3.8) is 0 Å². The first-order valence-electron chi connectivity index (χ1n) is 10.4. The third-order valence-electron chi connectivity index (χ3n) is 4.95. The van der Waals surface area contributed by atoms with Crippen LogP contribution in [0.1, 0.15) is 41.3 Å². The van der Waals surface area contributed by atoms with Crippen LogP contribution in [-0.2, 0) is 4.79 Å². The lowest BCUT2D eigenvalue weighted by atomic mass is 10.0. The van der Waals surface area contributed by atoms with Gasteiger partial charge in [-0.15, -0.1) is 0 Å². The molecule has 166 valence electrons. The molecule has 0 bridgehead atoms. The zero-order valence-electron chi connectivity index (χ0n) is 18.8. The first kappa shape index (κ1) is 22.9. The summed E-state index contributed by atoms with van der Waals surface area (Å²) < 4.78 is 10.9. The summed E-state index contributed by atoms with van der Waals surface area (Å²) in [6.45, 7) is 5.97. The number of nitrogens with one attached hydrogen (secondary N) is 2. The Morgan fingerprint density at radius 2 is 1.62 bits per heavy atom. The van der Waals surface area contributed by atoms with Gasteiger partial charge in [0.25, 0.3) is 11.8 Å². The van der Waals surface area contributed by atoms with Crippen molar-refractivity contribution >= 4 is 23.2 Å². The fourth-order valence-corrected chi connectivity index (χ4v) is 3.27. The number of rotatable bonds is 8. The molecule has 0 aliphatic heterocycles. The third kappa shape index (κ3) is 5.88. The highest BCUT2D eigenvalue weighted by molar-refractivity contribution is 6.05. The van der Waals surface area contributed by atoms with Crippen LogP contribution >= 0.6 is 0 Å². The molecule has 0 unspecified atom stereocenters. The topological polar surface area (TPSA) is 76.7 Å². The number of hydrogen-bond acceptors (Lipinski definition) is 4. The van der Waals surface area contributed by atoms with Crippen LogP contribution in [0.5, 0.6) is 11.5 Å². The number of ether oxygens (including phenoxy) is 2. The van der Waals surface area contributed by atoms with E-state index in [1.54, 1.807) is 31.4 Å². The highest BCUT2D eigenvalue weighted by Crippen LogP contribution is 2.26. The standard InChI is InChI=1S/C26H28N2O4/c1-17(2)21-7-5-6-8-22(21)27-25(29)16-32-20-12-10-19(11-13-20)26(30)28-23-15-18(3)9-14-24(23)31-4/h5-15,17H,16H2,1-4H3,(H,27,29)(H,28,30). The van der Waals surface area contributed by atoms with E-state index in [1.165, 1.54) is 0 Å². The molecule has 6 heteroatoms. The first-order chi connectivity index (χ1) is 15.4. The molecule has 3 rings (SSSR count). The average Bonchev–Trinajstić information content (AvgIpc) is 2.78. The van der Waals surface area contributed by atoms with E-state index in [4.69, 9.17) is 9.47 Å². The maximum absolute atomic E-state index is 12.6. The van der Waals surface area contributed by atoms with Gasteiger partial charge in [0.15, 0.2) is 6.61 Å².